The molecule has 0 saturated heterocycles. The van der Waals surface area contributed by atoms with Gasteiger partial charge in [-0.2, -0.15) is 0 Å². The van der Waals surface area contributed by atoms with E-state index in [4.69, 9.17) is 0 Å². The minimum Gasteiger partial charge on any atom is -0.386 e. The van der Waals surface area contributed by atoms with Crippen molar-refractivity contribution in [3.8, 4) is 0 Å². The van der Waals surface area contributed by atoms with Crippen LogP contribution in [0.2, 0.25) is 0 Å². The predicted molar refractivity (Wildman–Crippen MR) is 67.3 cm³/mol. The maximum atomic E-state index is 13.2. The topological polar surface area (TPSA) is 32.3 Å². The fraction of sp³-hybridized carbons (Fsp3) is 0.200. The average molecular weight is 261 g/mol. The molecule has 0 fully saturated rings. The van der Waals surface area contributed by atoms with Crippen molar-refractivity contribution in [2.45, 2.75) is 18.7 Å². The maximum Gasteiger partial charge on any atom is 0.159 e. The van der Waals surface area contributed by atoms with Crippen LogP contribution in [-0.2, 0) is 6.54 Å². The van der Waals surface area contributed by atoms with E-state index < -0.39 is 17.7 Å². The summed E-state index contributed by atoms with van der Waals surface area (Å²) in [4.78, 5) is 0. The molecule has 2 aromatic carbocycles. The monoisotopic (exact) mass is 261 g/mol. The van der Waals surface area contributed by atoms with Crippen molar-refractivity contribution in [1.29, 1.82) is 0 Å². The van der Waals surface area contributed by atoms with E-state index in [1.54, 1.807) is 0 Å². The van der Waals surface area contributed by atoms with Crippen LogP contribution in [0.15, 0.2) is 42.5 Å². The molecule has 0 aliphatic carbocycles. The van der Waals surface area contributed by atoms with Gasteiger partial charge in [0.2, 0.25) is 0 Å². The highest BCUT2D eigenvalue weighted by Gasteiger charge is 2.29. The van der Waals surface area contributed by atoms with E-state index in [-0.39, 0.29) is 6.04 Å². The minimum absolute atomic E-state index is 0.291. The number of halogens is 2. The number of hydrogen-bond acceptors (Lipinski definition) is 2. The summed E-state index contributed by atoms with van der Waals surface area (Å²) in [6, 6.07) is 11.0. The lowest BCUT2D eigenvalue weighted by Crippen LogP contribution is -2.20. The third-order valence-electron chi connectivity index (χ3n) is 3.50. The molecule has 2 atom stereocenters. The van der Waals surface area contributed by atoms with E-state index >= 15 is 0 Å². The Morgan fingerprint density at radius 2 is 1.89 bits per heavy atom. The van der Waals surface area contributed by atoms with Crippen LogP contribution in [0.25, 0.3) is 0 Å². The second kappa shape index (κ2) is 4.72. The van der Waals surface area contributed by atoms with Gasteiger partial charge >= 0.3 is 0 Å². The van der Waals surface area contributed by atoms with E-state index in [1.807, 2.05) is 24.3 Å². The lowest BCUT2D eigenvalue weighted by atomic mass is 9.96. The van der Waals surface area contributed by atoms with Gasteiger partial charge in [-0.1, -0.05) is 30.3 Å². The summed E-state index contributed by atoms with van der Waals surface area (Å²) in [5, 5.41) is 13.5. The molecule has 2 unspecified atom stereocenters. The van der Waals surface area contributed by atoms with Crippen LogP contribution in [0.5, 0.6) is 0 Å². The van der Waals surface area contributed by atoms with Crippen LogP contribution in [-0.4, -0.2) is 5.11 Å². The number of aliphatic hydroxyl groups is 1. The van der Waals surface area contributed by atoms with E-state index in [0.29, 0.717) is 12.1 Å². The van der Waals surface area contributed by atoms with Gasteiger partial charge in [0.15, 0.2) is 11.6 Å². The summed E-state index contributed by atoms with van der Waals surface area (Å²) in [6.45, 7) is 0.668. The summed E-state index contributed by atoms with van der Waals surface area (Å²) < 4.78 is 26.1. The van der Waals surface area contributed by atoms with Crippen LogP contribution in [0.1, 0.15) is 28.8 Å². The zero-order chi connectivity index (χ0) is 13.4. The van der Waals surface area contributed by atoms with Crippen molar-refractivity contribution in [3.05, 3.63) is 70.8 Å². The molecule has 1 aliphatic rings. The Kier molecular flexibility index (Phi) is 3.05. The highest BCUT2D eigenvalue weighted by Crippen LogP contribution is 2.35. The second-order valence-corrected chi connectivity index (χ2v) is 4.68. The fourth-order valence-corrected chi connectivity index (χ4v) is 2.50. The van der Waals surface area contributed by atoms with Crippen molar-refractivity contribution in [2.24, 2.45) is 0 Å². The van der Waals surface area contributed by atoms with Gasteiger partial charge in [0, 0.05) is 6.54 Å². The molecular weight excluding hydrogens is 248 g/mol. The number of aliphatic hydroxyl groups excluding tert-OH is 1. The van der Waals surface area contributed by atoms with Crippen LogP contribution in [0.4, 0.5) is 8.78 Å². The molecular formula is C15H13F2NO. The van der Waals surface area contributed by atoms with Crippen molar-refractivity contribution in [1.82, 2.24) is 5.32 Å². The average Bonchev–Trinajstić information content (AvgIpc) is 2.85. The van der Waals surface area contributed by atoms with Crippen LogP contribution in [0.3, 0.4) is 0 Å². The predicted octanol–water partition coefficient (Wildman–Crippen LogP) is 2.84. The first-order chi connectivity index (χ1) is 9.16. The summed E-state index contributed by atoms with van der Waals surface area (Å²) in [6.07, 6.45) is -0.904. The molecule has 2 N–H and O–H groups in total. The van der Waals surface area contributed by atoms with Gasteiger partial charge in [-0.25, -0.2) is 8.78 Å². The molecule has 0 amide bonds. The summed E-state index contributed by atoms with van der Waals surface area (Å²) >= 11 is 0. The van der Waals surface area contributed by atoms with Gasteiger partial charge in [0.05, 0.1) is 12.1 Å². The Hall–Kier alpha value is -1.78. The van der Waals surface area contributed by atoms with E-state index in [0.717, 1.165) is 23.3 Å². The van der Waals surface area contributed by atoms with Gasteiger partial charge in [-0.3, -0.25) is 0 Å². The van der Waals surface area contributed by atoms with Gasteiger partial charge in [0.25, 0.3) is 0 Å². The number of rotatable bonds is 2. The third-order valence-corrected chi connectivity index (χ3v) is 3.50. The number of hydrogen-bond donors (Lipinski definition) is 2. The van der Waals surface area contributed by atoms with Crippen LogP contribution in [0, 0.1) is 11.6 Å². The van der Waals surface area contributed by atoms with Gasteiger partial charge in [0.1, 0.15) is 0 Å². The number of nitrogens with one attached hydrogen (secondary N) is 1. The second-order valence-electron chi connectivity index (χ2n) is 4.68. The molecule has 0 saturated carbocycles. The van der Waals surface area contributed by atoms with E-state index in [2.05, 4.69) is 5.32 Å². The molecule has 98 valence electrons. The molecule has 3 rings (SSSR count). The van der Waals surface area contributed by atoms with Gasteiger partial charge < -0.3 is 10.4 Å². The van der Waals surface area contributed by atoms with Crippen molar-refractivity contribution in [3.63, 3.8) is 0 Å². The molecule has 4 heteroatoms. The lowest BCUT2D eigenvalue weighted by Gasteiger charge is -2.20. The summed E-state index contributed by atoms with van der Waals surface area (Å²) in [7, 11) is 0. The SMILES string of the molecule is OC(c1ccc(F)c(F)c1)C1NCc2ccccc21. The lowest BCUT2D eigenvalue weighted by molar-refractivity contribution is 0.133. The number of fused-ring (bicyclic) bond motifs is 1. The summed E-state index contributed by atoms with van der Waals surface area (Å²) in [5.74, 6) is -1.85. The molecule has 0 spiro atoms. The Bertz CT molecular complexity index is 615. The normalized spacial score (nSPS) is 19.2. The molecule has 0 bridgehead atoms. The van der Waals surface area contributed by atoms with Gasteiger partial charge in [-0.05, 0) is 28.8 Å². The first-order valence-corrected chi connectivity index (χ1v) is 6.11. The Morgan fingerprint density at radius 3 is 2.68 bits per heavy atom. The molecule has 19 heavy (non-hydrogen) atoms. The van der Waals surface area contributed by atoms with Crippen molar-refractivity contribution >= 4 is 0 Å². The standard InChI is InChI=1S/C15H13F2NO/c16-12-6-5-9(7-13(12)17)15(19)14-11-4-2-1-3-10(11)8-18-14/h1-7,14-15,18-19H,8H2. The molecule has 0 aromatic heterocycles. The first kappa shape index (κ1) is 12.3. The van der Waals surface area contributed by atoms with Crippen LogP contribution >= 0.6 is 0 Å². The van der Waals surface area contributed by atoms with Gasteiger partial charge in [-0.15, -0.1) is 0 Å². The van der Waals surface area contributed by atoms with Crippen LogP contribution < -0.4 is 5.32 Å². The minimum atomic E-state index is -0.942. The fourth-order valence-electron chi connectivity index (χ4n) is 2.50. The highest BCUT2D eigenvalue weighted by molar-refractivity contribution is 5.36. The van der Waals surface area contributed by atoms with E-state index in [1.165, 1.54) is 6.07 Å². The molecule has 1 aliphatic heterocycles. The van der Waals surface area contributed by atoms with E-state index in [9.17, 15) is 13.9 Å². The zero-order valence-electron chi connectivity index (χ0n) is 10.1. The third kappa shape index (κ3) is 2.13. The summed E-state index contributed by atoms with van der Waals surface area (Å²) in [5.41, 5.74) is 2.49. The molecule has 1 heterocycles. The Morgan fingerprint density at radius 1 is 1.11 bits per heavy atom. The Balaban J connectivity index is 1.93. The number of benzene rings is 2. The quantitative estimate of drug-likeness (QED) is 0.871. The largest absolute Gasteiger partial charge is 0.386 e. The van der Waals surface area contributed by atoms with Crippen molar-refractivity contribution in [2.75, 3.05) is 0 Å². The van der Waals surface area contributed by atoms with Crippen molar-refractivity contribution < 1.29 is 13.9 Å². The molecule has 0 radical (unpaired) electrons. The Labute approximate surface area is 109 Å². The maximum absolute atomic E-state index is 13.2. The smallest absolute Gasteiger partial charge is 0.159 e. The molecule has 2 aromatic rings. The zero-order valence-corrected chi connectivity index (χ0v) is 10.1. The molecule has 2 nitrogen and oxygen atoms in total. The first-order valence-electron chi connectivity index (χ1n) is 6.11. The highest BCUT2D eigenvalue weighted by atomic mass is 19.2.